The molecule has 0 saturated heterocycles. The van der Waals surface area contributed by atoms with Crippen molar-refractivity contribution in [2.75, 3.05) is 0 Å². The van der Waals surface area contributed by atoms with Gasteiger partial charge in [0.15, 0.2) is 0 Å². The van der Waals surface area contributed by atoms with E-state index in [0.29, 0.717) is 6.42 Å². The molecule has 0 aliphatic carbocycles. The van der Waals surface area contributed by atoms with Crippen LogP contribution in [0.4, 0.5) is 4.79 Å². The molecule has 0 fully saturated rings. The molecule has 0 bridgehead atoms. The van der Waals surface area contributed by atoms with Gasteiger partial charge in [0.25, 0.3) is 0 Å². The number of nitrogens with one attached hydrogen (secondary N) is 1. The van der Waals surface area contributed by atoms with Gasteiger partial charge in [-0.05, 0) is 36.6 Å². The van der Waals surface area contributed by atoms with Crippen LogP contribution in [0.5, 0.6) is 5.75 Å². The monoisotopic (exact) mass is 424 g/mol. The topological polar surface area (TPSA) is 119 Å². The van der Waals surface area contributed by atoms with Crippen LogP contribution < -0.4 is 11.1 Å². The Kier molecular flexibility index (Phi) is 10.6. The molecule has 1 aromatic carbocycles. The maximum atomic E-state index is 12.9. The minimum Gasteiger partial charge on any atom is -0.508 e. The smallest absolute Gasteiger partial charge is 0.412 e. The van der Waals surface area contributed by atoms with E-state index < -0.39 is 18.1 Å². The van der Waals surface area contributed by atoms with Crippen LogP contribution in [-0.4, -0.2) is 34.4 Å². The van der Waals surface area contributed by atoms with Crippen LogP contribution in [0, 0.1) is 12.8 Å². The third-order valence-corrected chi connectivity index (χ3v) is 5.20. The number of thiol groups is 1. The van der Waals surface area contributed by atoms with E-state index in [4.69, 9.17) is 5.73 Å². The summed E-state index contributed by atoms with van der Waals surface area (Å²) >= 11 is 4.44. The fraction of sp³-hybridized carbons (Fsp3) is 0.571. The number of phenolic OH excluding ortho intramolecular Hbond substituents is 1. The minimum atomic E-state index is -1.23. The summed E-state index contributed by atoms with van der Waals surface area (Å²) in [5.74, 6) is -1.51. The highest BCUT2D eigenvalue weighted by atomic mass is 32.1. The molecule has 29 heavy (non-hydrogen) atoms. The Balaban J connectivity index is 2.94. The van der Waals surface area contributed by atoms with Gasteiger partial charge in [-0.3, -0.25) is 4.79 Å². The van der Waals surface area contributed by atoms with Gasteiger partial charge < -0.3 is 20.9 Å². The standard InChI is InChI=1S/C21H32N2O5S/c1-4-5-6-7-8-17(14(3)29)19(25)23-18(20(26)28-21(22)27)12-15-9-10-16(24)11-13(15)2/h9-11,14,17-18,24,29H,4-8,12H2,1-3H3,(H2,22,27)(H,23,25)/t14?,17?,18-/m0/s1. The zero-order valence-corrected chi connectivity index (χ0v) is 18.2. The maximum absolute atomic E-state index is 12.9. The molecular weight excluding hydrogens is 392 g/mol. The lowest BCUT2D eigenvalue weighted by atomic mass is 9.95. The molecule has 0 saturated carbocycles. The fourth-order valence-corrected chi connectivity index (χ4v) is 3.44. The largest absolute Gasteiger partial charge is 0.508 e. The van der Waals surface area contributed by atoms with Crippen molar-refractivity contribution in [3.05, 3.63) is 29.3 Å². The number of carbonyl (C=O) groups is 3. The van der Waals surface area contributed by atoms with Crippen LogP contribution in [-0.2, 0) is 20.7 Å². The van der Waals surface area contributed by atoms with Crippen molar-refractivity contribution >= 4 is 30.6 Å². The van der Waals surface area contributed by atoms with Gasteiger partial charge in [0.2, 0.25) is 5.91 Å². The van der Waals surface area contributed by atoms with Gasteiger partial charge in [0.05, 0.1) is 0 Å². The van der Waals surface area contributed by atoms with E-state index in [9.17, 15) is 19.5 Å². The van der Waals surface area contributed by atoms with E-state index >= 15 is 0 Å². The summed E-state index contributed by atoms with van der Waals surface area (Å²) in [5, 5.41) is 12.1. The number of phenols is 1. The predicted octanol–water partition coefficient (Wildman–Crippen LogP) is 3.25. The van der Waals surface area contributed by atoms with Crippen molar-refractivity contribution in [3.63, 3.8) is 0 Å². The first-order valence-electron chi connectivity index (χ1n) is 9.93. The molecule has 0 aliphatic rings. The molecule has 0 heterocycles. The Labute approximate surface area is 177 Å². The average Bonchev–Trinajstić information content (AvgIpc) is 2.62. The number of rotatable bonds is 11. The summed E-state index contributed by atoms with van der Waals surface area (Å²) in [6.45, 7) is 5.74. The molecule has 2 amide bonds. The second kappa shape index (κ2) is 12.4. The van der Waals surface area contributed by atoms with Gasteiger partial charge in [-0.1, -0.05) is 45.6 Å². The number of ether oxygens (including phenoxy) is 1. The number of nitrogens with two attached hydrogens (primary N) is 1. The van der Waals surface area contributed by atoms with E-state index in [2.05, 4.69) is 29.6 Å². The quantitative estimate of drug-likeness (QED) is 0.188. The second-order valence-corrected chi connectivity index (χ2v) is 8.13. The lowest BCUT2D eigenvalue weighted by molar-refractivity contribution is -0.142. The maximum Gasteiger partial charge on any atom is 0.412 e. The zero-order valence-electron chi connectivity index (χ0n) is 17.3. The highest BCUT2D eigenvalue weighted by Crippen LogP contribution is 2.21. The van der Waals surface area contributed by atoms with Gasteiger partial charge in [-0.15, -0.1) is 0 Å². The molecule has 0 aromatic heterocycles. The highest BCUT2D eigenvalue weighted by molar-refractivity contribution is 7.81. The van der Waals surface area contributed by atoms with Crippen LogP contribution in [0.15, 0.2) is 18.2 Å². The number of hydrogen-bond acceptors (Lipinski definition) is 6. The Bertz CT molecular complexity index is 708. The number of hydrogen-bond donors (Lipinski definition) is 4. The van der Waals surface area contributed by atoms with Crippen molar-refractivity contribution in [2.45, 2.75) is 70.6 Å². The molecule has 0 spiro atoms. The number of benzene rings is 1. The number of aryl methyl sites for hydroxylation is 1. The number of esters is 1. The van der Waals surface area contributed by atoms with Crippen molar-refractivity contribution in [3.8, 4) is 5.75 Å². The number of aromatic hydroxyl groups is 1. The van der Waals surface area contributed by atoms with Crippen LogP contribution in [0.2, 0.25) is 0 Å². The SMILES string of the molecule is CCCCCCC(C(=O)N[C@@H](Cc1ccc(O)cc1C)C(=O)OC(N)=O)C(C)S. The van der Waals surface area contributed by atoms with Crippen LogP contribution in [0.1, 0.15) is 57.1 Å². The first-order valence-corrected chi connectivity index (χ1v) is 10.4. The molecule has 7 nitrogen and oxygen atoms in total. The summed E-state index contributed by atoms with van der Waals surface area (Å²) in [4.78, 5) is 36.2. The van der Waals surface area contributed by atoms with Gasteiger partial charge in [-0.2, -0.15) is 12.6 Å². The van der Waals surface area contributed by atoms with Gasteiger partial charge in [0, 0.05) is 17.6 Å². The van der Waals surface area contributed by atoms with E-state index in [1.54, 1.807) is 19.1 Å². The fourth-order valence-electron chi connectivity index (χ4n) is 3.15. The summed E-state index contributed by atoms with van der Waals surface area (Å²) in [7, 11) is 0. The minimum absolute atomic E-state index is 0.0996. The van der Waals surface area contributed by atoms with Gasteiger partial charge in [-0.25, -0.2) is 9.59 Å². The molecule has 4 N–H and O–H groups in total. The lowest BCUT2D eigenvalue weighted by Gasteiger charge is -2.24. The zero-order chi connectivity index (χ0) is 22.0. The normalized spacial score (nSPS) is 13.9. The summed E-state index contributed by atoms with van der Waals surface area (Å²) < 4.78 is 4.52. The van der Waals surface area contributed by atoms with E-state index in [1.807, 2.05) is 6.92 Å². The van der Waals surface area contributed by atoms with E-state index in [-0.39, 0.29) is 29.2 Å². The second-order valence-electron chi connectivity index (χ2n) is 7.31. The predicted molar refractivity (Wildman–Crippen MR) is 115 cm³/mol. The van der Waals surface area contributed by atoms with Crippen LogP contribution >= 0.6 is 12.6 Å². The van der Waals surface area contributed by atoms with Crippen LogP contribution in [0.3, 0.4) is 0 Å². The third-order valence-electron chi connectivity index (χ3n) is 4.84. The van der Waals surface area contributed by atoms with E-state index in [0.717, 1.165) is 36.8 Å². The van der Waals surface area contributed by atoms with Gasteiger partial charge >= 0.3 is 12.1 Å². The summed E-state index contributed by atoms with van der Waals surface area (Å²) in [5.41, 5.74) is 6.44. The Morgan fingerprint density at radius 2 is 1.93 bits per heavy atom. The van der Waals surface area contributed by atoms with E-state index in [1.165, 1.54) is 6.07 Å². The Morgan fingerprint density at radius 1 is 1.24 bits per heavy atom. The lowest BCUT2D eigenvalue weighted by Crippen LogP contribution is -2.48. The number of carbonyl (C=O) groups excluding carboxylic acids is 3. The molecule has 1 rings (SSSR count). The average molecular weight is 425 g/mol. The first-order chi connectivity index (χ1) is 13.6. The van der Waals surface area contributed by atoms with Crippen molar-refractivity contribution in [2.24, 2.45) is 11.7 Å². The molecular formula is C21H32N2O5S. The molecule has 162 valence electrons. The Hall–Kier alpha value is -2.22. The molecule has 2 unspecified atom stereocenters. The van der Waals surface area contributed by atoms with Crippen molar-refractivity contribution < 1.29 is 24.2 Å². The Morgan fingerprint density at radius 3 is 2.48 bits per heavy atom. The number of amides is 2. The molecule has 0 radical (unpaired) electrons. The third kappa shape index (κ3) is 8.77. The summed E-state index contributed by atoms with van der Waals surface area (Å²) in [6.07, 6.45) is 3.66. The van der Waals surface area contributed by atoms with Gasteiger partial charge in [0.1, 0.15) is 11.8 Å². The molecule has 1 aromatic rings. The summed E-state index contributed by atoms with van der Waals surface area (Å²) in [6, 6.07) is 3.63. The van der Waals surface area contributed by atoms with Crippen LogP contribution in [0.25, 0.3) is 0 Å². The molecule has 8 heteroatoms. The number of primary amides is 1. The molecule has 0 aliphatic heterocycles. The number of unbranched alkanes of at least 4 members (excludes halogenated alkanes) is 3. The van der Waals surface area contributed by atoms with Crippen molar-refractivity contribution in [1.29, 1.82) is 0 Å². The van der Waals surface area contributed by atoms with Crippen molar-refractivity contribution in [1.82, 2.24) is 5.32 Å². The molecule has 3 atom stereocenters. The highest BCUT2D eigenvalue weighted by Gasteiger charge is 2.29. The first kappa shape index (κ1) is 24.8.